The van der Waals surface area contributed by atoms with Gasteiger partial charge < -0.3 is 10.2 Å². The van der Waals surface area contributed by atoms with Crippen LogP contribution in [0.4, 0.5) is 5.82 Å². The van der Waals surface area contributed by atoms with Gasteiger partial charge in [-0.25, -0.2) is 4.98 Å². The Balaban J connectivity index is 1.94. The van der Waals surface area contributed by atoms with E-state index in [9.17, 15) is 0 Å². The quantitative estimate of drug-likeness (QED) is 0.852. The van der Waals surface area contributed by atoms with E-state index in [-0.39, 0.29) is 0 Å². The Morgan fingerprint density at radius 2 is 2.00 bits per heavy atom. The maximum Gasteiger partial charge on any atom is 0.128 e. The summed E-state index contributed by atoms with van der Waals surface area (Å²) in [5.74, 6) is 1.14. The van der Waals surface area contributed by atoms with E-state index in [4.69, 9.17) is 4.98 Å². The summed E-state index contributed by atoms with van der Waals surface area (Å²) >= 11 is 0. The standard InChI is InChI=1S/C18H31N3/c1-5-11-19-15(3)16-7-8-17(20-14-16)21-12-9-18(4,6-2)10-13-21/h7-8,14-15,19H,5-6,9-13H2,1-4H3. The second kappa shape index (κ2) is 7.26. The summed E-state index contributed by atoms with van der Waals surface area (Å²) in [5, 5.41) is 3.51. The fourth-order valence-electron chi connectivity index (χ4n) is 2.95. The lowest BCUT2D eigenvalue weighted by atomic mass is 9.78. The molecule has 21 heavy (non-hydrogen) atoms. The Bertz CT molecular complexity index is 419. The third-order valence-corrected chi connectivity index (χ3v) is 5.12. The highest BCUT2D eigenvalue weighted by Crippen LogP contribution is 2.35. The molecule has 0 bridgehead atoms. The Hall–Kier alpha value is -1.09. The van der Waals surface area contributed by atoms with Crippen molar-refractivity contribution in [2.24, 2.45) is 5.41 Å². The SMILES string of the molecule is CCCNC(C)c1ccc(N2CCC(C)(CC)CC2)nc1. The first-order valence-corrected chi connectivity index (χ1v) is 8.52. The van der Waals surface area contributed by atoms with Crippen molar-refractivity contribution in [1.29, 1.82) is 0 Å². The van der Waals surface area contributed by atoms with Gasteiger partial charge in [0.25, 0.3) is 0 Å². The van der Waals surface area contributed by atoms with Crippen LogP contribution in [0.25, 0.3) is 0 Å². The van der Waals surface area contributed by atoms with Gasteiger partial charge in [0.2, 0.25) is 0 Å². The van der Waals surface area contributed by atoms with E-state index < -0.39 is 0 Å². The van der Waals surface area contributed by atoms with E-state index in [2.05, 4.69) is 50.0 Å². The summed E-state index contributed by atoms with van der Waals surface area (Å²) in [4.78, 5) is 7.13. The first-order valence-electron chi connectivity index (χ1n) is 8.52. The molecular formula is C18H31N3. The van der Waals surface area contributed by atoms with Gasteiger partial charge in [0.1, 0.15) is 5.82 Å². The first kappa shape index (κ1) is 16.3. The molecule has 1 aliphatic rings. The number of rotatable bonds is 6. The molecule has 1 saturated heterocycles. The zero-order valence-electron chi connectivity index (χ0n) is 14.2. The molecule has 1 N–H and O–H groups in total. The van der Waals surface area contributed by atoms with Gasteiger partial charge in [0, 0.05) is 25.3 Å². The highest BCUT2D eigenvalue weighted by Gasteiger charge is 2.28. The molecule has 0 aliphatic carbocycles. The van der Waals surface area contributed by atoms with E-state index in [1.54, 1.807) is 0 Å². The smallest absolute Gasteiger partial charge is 0.128 e. The molecule has 2 heterocycles. The van der Waals surface area contributed by atoms with Crippen LogP contribution in [0.15, 0.2) is 18.3 Å². The monoisotopic (exact) mass is 289 g/mol. The molecule has 0 saturated carbocycles. The van der Waals surface area contributed by atoms with Gasteiger partial charge in [0.05, 0.1) is 0 Å². The number of hydrogen-bond acceptors (Lipinski definition) is 3. The van der Waals surface area contributed by atoms with Gasteiger partial charge in [0.15, 0.2) is 0 Å². The number of aromatic nitrogens is 1. The topological polar surface area (TPSA) is 28.2 Å². The lowest BCUT2D eigenvalue weighted by Gasteiger charge is -2.39. The molecule has 3 heteroatoms. The van der Waals surface area contributed by atoms with Crippen LogP contribution in [0.3, 0.4) is 0 Å². The Morgan fingerprint density at radius 3 is 2.52 bits per heavy atom. The average Bonchev–Trinajstić information content (AvgIpc) is 2.53. The fraction of sp³-hybridized carbons (Fsp3) is 0.722. The fourth-order valence-corrected chi connectivity index (χ4v) is 2.95. The summed E-state index contributed by atoms with van der Waals surface area (Å²) < 4.78 is 0. The van der Waals surface area contributed by atoms with Gasteiger partial charge in [-0.1, -0.05) is 33.3 Å². The number of nitrogens with zero attached hydrogens (tertiary/aromatic N) is 2. The van der Waals surface area contributed by atoms with Gasteiger partial charge in [-0.3, -0.25) is 0 Å². The van der Waals surface area contributed by atoms with Crippen molar-refractivity contribution < 1.29 is 0 Å². The molecule has 3 nitrogen and oxygen atoms in total. The van der Waals surface area contributed by atoms with Crippen molar-refractivity contribution in [3.63, 3.8) is 0 Å². The highest BCUT2D eigenvalue weighted by atomic mass is 15.2. The van der Waals surface area contributed by atoms with Crippen molar-refractivity contribution in [3.8, 4) is 0 Å². The second-order valence-electron chi connectivity index (χ2n) is 6.78. The summed E-state index contributed by atoms with van der Waals surface area (Å²) in [7, 11) is 0. The van der Waals surface area contributed by atoms with E-state index in [0.717, 1.165) is 25.5 Å². The zero-order chi connectivity index (χ0) is 15.3. The number of piperidine rings is 1. The van der Waals surface area contributed by atoms with Crippen molar-refractivity contribution in [2.75, 3.05) is 24.5 Å². The Morgan fingerprint density at radius 1 is 1.29 bits per heavy atom. The van der Waals surface area contributed by atoms with E-state index in [1.165, 1.54) is 31.2 Å². The average molecular weight is 289 g/mol. The summed E-state index contributed by atoms with van der Waals surface area (Å²) in [6, 6.07) is 4.80. The minimum Gasteiger partial charge on any atom is -0.357 e. The Kier molecular flexibility index (Phi) is 5.63. The number of hydrogen-bond donors (Lipinski definition) is 1. The molecule has 1 aromatic rings. The van der Waals surface area contributed by atoms with E-state index in [1.807, 2.05) is 6.20 Å². The molecule has 0 spiro atoms. The predicted octanol–water partition coefficient (Wildman–Crippen LogP) is 4.16. The van der Waals surface area contributed by atoms with E-state index in [0.29, 0.717) is 11.5 Å². The lowest BCUT2D eigenvalue weighted by Crippen LogP contribution is -2.38. The van der Waals surface area contributed by atoms with Crippen LogP contribution in [0.1, 0.15) is 65.0 Å². The zero-order valence-corrected chi connectivity index (χ0v) is 14.2. The number of pyridine rings is 1. The third-order valence-electron chi connectivity index (χ3n) is 5.12. The molecule has 1 atom stereocenters. The normalized spacial score (nSPS) is 19.5. The molecule has 0 radical (unpaired) electrons. The summed E-state index contributed by atoms with van der Waals surface area (Å²) in [5.41, 5.74) is 1.82. The largest absolute Gasteiger partial charge is 0.357 e. The third kappa shape index (κ3) is 4.19. The van der Waals surface area contributed by atoms with Crippen LogP contribution in [0.2, 0.25) is 0 Å². The first-order chi connectivity index (χ1) is 10.1. The summed E-state index contributed by atoms with van der Waals surface area (Å²) in [6.45, 7) is 12.5. The molecule has 1 fully saturated rings. The molecule has 0 aromatic carbocycles. The molecule has 1 unspecified atom stereocenters. The van der Waals surface area contributed by atoms with Crippen LogP contribution in [-0.2, 0) is 0 Å². The lowest BCUT2D eigenvalue weighted by molar-refractivity contribution is 0.238. The van der Waals surface area contributed by atoms with Crippen molar-refractivity contribution in [1.82, 2.24) is 10.3 Å². The molecule has 2 rings (SSSR count). The highest BCUT2D eigenvalue weighted by molar-refractivity contribution is 5.40. The Labute approximate surface area is 130 Å². The molecule has 118 valence electrons. The summed E-state index contributed by atoms with van der Waals surface area (Å²) in [6.07, 6.45) is 7.05. The molecular weight excluding hydrogens is 258 g/mol. The van der Waals surface area contributed by atoms with E-state index >= 15 is 0 Å². The maximum absolute atomic E-state index is 4.69. The molecule has 1 aromatic heterocycles. The maximum atomic E-state index is 4.69. The van der Waals surface area contributed by atoms with Crippen LogP contribution in [0.5, 0.6) is 0 Å². The van der Waals surface area contributed by atoms with Crippen molar-refractivity contribution in [2.45, 2.75) is 59.4 Å². The van der Waals surface area contributed by atoms with Gasteiger partial charge in [-0.15, -0.1) is 0 Å². The van der Waals surface area contributed by atoms with Gasteiger partial charge >= 0.3 is 0 Å². The van der Waals surface area contributed by atoms with Gasteiger partial charge in [-0.05, 0) is 49.8 Å². The van der Waals surface area contributed by atoms with Crippen LogP contribution >= 0.6 is 0 Å². The second-order valence-corrected chi connectivity index (χ2v) is 6.78. The van der Waals surface area contributed by atoms with Crippen molar-refractivity contribution >= 4 is 5.82 Å². The van der Waals surface area contributed by atoms with Crippen LogP contribution in [0, 0.1) is 5.41 Å². The predicted molar refractivity (Wildman–Crippen MR) is 90.8 cm³/mol. The van der Waals surface area contributed by atoms with Crippen molar-refractivity contribution in [3.05, 3.63) is 23.9 Å². The van der Waals surface area contributed by atoms with Crippen LogP contribution in [-0.4, -0.2) is 24.6 Å². The van der Waals surface area contributed by atoms with Gasteiger partial charge in [-0.2, -0.15) is 0 Å². The minimum atomic E-state index is 0.385. The molecule has 1 aliphatic heterocycles. The van der Waals surface area contributed by atoms with Crippen LogP contribution < -0.4 is 10.2 Å². The minimum absolute atomic E-state index is 0.385. The number of nitrogens with one attached hydrogen (secondary N) is 1. The molecule has 0 amide bonds. The number of anilines is 1.